The maximum Gasteiger partial charge on any atom is 0.397 e. The largest absolute Gasteiger partial charge is 0.490 e. The average molecular weight is 443 g/mol. The molecule has 9 heteroatoms. The van der Waals surface area contributed by atoms with E-state index < -0.39 is 11.9 Å². The molecule has 0 saturated heterocycles. The van der Waals surface area contributed by atoms with Gasteiger partial charge in [-0.2, -0.15) is 13.2 Å². The number of hydrogen-bond donors (Lipinski definition) is 1. The first-order valence-corrected chi connectivity index (χ1v) is 10.5. The zero-order chi connectivity index (χ0) is 22.1. The third kappa shape index (κ3) is 7.70. The monoisotopic (exact) mass is 443 g/mol. The number of carbonyl (C=O) groups excluding carboxylic acids is 1. The summed E-state index contributed by atoms with van der Waals surface area (Å²) in [4.78, 5) is 11.8. The van der Waals surface area contributed by atoms with Gasteiger partial charge in [-0.1, -0.05) is 6.07 Å². The van der Waals surface area contributed by atoms with E-state index in [4.69, 9.17) is 19.9 Å². The first kappa shape index (κ1) is 23.7. The quantitative estimate of drug-likeness (QED) is 0.394. The number of carbonyl (C=O) groups is 1. The Hall–Kier alpha value is -2.55. The van der Waals surface area contributed by atoms with Crippen LogP contribution in [0.1, 0.15) is 25.0 Å². The Kier molecular flexibility index (Phi) is 8.71. The van der Waals surface area contributed by atoms with Crippen LogP contribution >= 0.6 is 11.8 Å². The fourth-order valence-corrected chi connectivity index (χ4v) is 3.38. The zero-order valence-electron chi connectivity index (χ0n) is 16.8. The third-order valence-corrected chi connectivity index (χ3v) is 4.84. The number of anilines is 1. The second kappa shape index (κ2) is 11.0. The van der Waals surface area contributed by atoms with Crippen LogP contribution in [0.4, 0.5) is 18.9 Å². The van der Waals surface area contributed by atoms with Gasteiger partial charge < -0.3 is 19.9 Å². The van der Waals surface area contributed by atoms with Gasteiger partial charge in [-0.25, -0.2) is 0 Å². The molecular weight excluding hydrogens is 419 g/mol. The normalized spacial score (nSPS) is 11.2. The predicted molar refractivity (Wildman–Crippen MR) is 111 cm³/mol. The van der Waals surface area contributed by atoms with Crippen LogP contribution in [0.15, 0.2) is 36.4 Å². The molecule has 0 saturated carbocycles. The highest BCUT2D eigenvalue weighted by Crippen LogP contribution is 2.37. The standard InChI is InChI=1S/C21H24F3NO4S/c1-3-27-18-7-5-14(10-20(26)28-4-2)9-19(18)29-17-8-6-16(25)11-15(17)12-30-13-21(22,23)24/h5-9,11H,3-4,10,12-13,25H2,1-2H3. The Balaban J connectivity index is 2.27. The van der Waals surface area contributed by atoms with Crippen molar-refractivity contribution in [1.29, 1.82) is 0 Å². The molecule has 0 aromatic heterocycles. The van der Waals surface area contributed by atoms with Gasteiger partial charge in [0.05, 0.1) is 25.4 Å². The van der Waals surface area contributed by atoms with Crippen LogP contribution in [-0.2, 0) is 21.7 Å². The molecule has 0 atom stereocenters. The lowest BCUT2D eigenvalue weighted by molar-refractivity contribution is -0.142. The lowest BCUT2D eigenvalue weighted by Crippen LogP contribution is -2.11. The predicted octanol–water partition coefficient (Wildman–Crippen LogP) is 5.36. The van der Waals surface area contributed by atoms with Crippen molar-refractivity contribution in [3.63, 3.8) is 0 Å². The van der Waals surface area contributed by atoms with Gasteiger partial charge in [0.2, 0.25) is 0 Å². The summed E-state index contributed by atoms with van der Waals surface area (Å²) in [5, 5.41) is 0. The molecule has 0 amide bonds. The van der Waals surface area contributed by atoms with Crippen molar-refractivity contribution in [2.45, 2.75) is 32.2 Å². The second-order valence-corrected chi connectivity index (χ2v) is 7.26. The van der Waals surface area contributed by atoms with Gasteiger partial charge in [-0.15, -0.1) is 11.8 Å². The molecule has 2 rings (SSSR count). The molecule has 0 radical (unpaired) electrons. The summed E-state index contributed by atoms with van der Waals surface area (Å²) in [6.07, 6.45) is -4.19. The minimum atomic E-state index is -4.25. The number of esters is 1. The van der Waals surface area contributed by atoms with Crippen molar-refractivity contribution in [3.05, 3.63) is 47.5 Å². The molecule has 0 bridgehead atoms. The van der Waals surface area contributed by atoms with Gasteiger partial charge in [0.1, 0.15) is 5.75 Å². The summed E-state index contributed by atoms with van der Waals surface area (Å²) in [6.45, 7) is 4.22. The first-order valence-electron chi connectivity index (χ1n) is 9.34. The second-order valence-electron chi connectivity index (χ2n) is 6.27. The Morgan fingerprint density at radius 1 is 1.03 bits per heavy atom. The highest BCUT2D eigenvalue weighted by molar-refractivity contribution is 7.98. The van der Waals surface area contributed by atoms with Crippen molar-refractivity contribution in [2.24, 2.45) is 0 Å². The van der Waals surface area contributed by atoms with Crippen LogP contribution in [0.3, 0.4) is 0 Å². The number of thioether (sulfide) groups is 1. The van der Waals surface area contributed by atoms with E-state index >= 15 is 0 Å². The van der Waals surface area contributed by atoms with Crippen LogP contribution in [0.2, 0.25) is 0 Å². The topological polar surface area (TPSA) is 70.8 Å². The average Bonchev–Trinajstić information content (AvgIpc) is 2.65. The molecule has 0 unspecified atom stereocenters. The number of nitrogens with two attached hydrogens (primary N) is 1. The summed E-state index contributed by atoms with van der Waals surface area (Å²) in [5.74, 6) is -0.0916. The SMILES string of the molecule is CCOC(=O)Cc1ccc(OCC)c(Oc2ccc(N)cc2CSCC(F)(F)F)c1. The van der Waals surface area contributed by atoms with E-state index in [-0.39, 0.29) is 24.7 Å². The summed E-state index contributed by atoms with van der Waals surface area (Å²) in [5.41, 5.74) is 7.42. The molecule has 0 aliphatic heterocycles. The van der Waals surface area contributed by atoms with Gasteiger partial charge in [0.15, 0.2) is 11.5 Å². The maximum atomic E-state index is 12.5. The van der Waals surface area contributed by atoms with Gasteiger partial charge in [0.25, 0.3) is 0 Å². The summed E-state index contributed by atoms with van der Waals surface area (Å²) >= 11 is 0.725. The summed E-state index contributed by atoms with van der Waals surface area (Å²) in [6, 6.07) is 9.87. The minimum absolute atomic E-state index is 0.0621. The highest BCUT2D eigenvalue weighted by Gasteiger charge is 2.27. The fraction of sp³-hybridized carbons (Fsp3) is 0.381. The number of nitrogen functional groups attached to an aromatic ring is 1. The summed E-state index contributed by atoms with van der Waals surface area (Å²) < 4.78 is 54.0. The van der Waals surface area contributed by atoms with Crippen LogP contribution in [-0.4, -0.2) is 31.1 Å². The molecule has 0 spiro atoms. The van der Waals surface area contributed by atoms with Crippen molar-refractivity contribution in [2.75, 3.05) is 24.7 Å². The van der Waals surface area contributed by atoms with Crippen LogP contribution in [0.25, 0.3) is 0 Å². The number of hydrogen-bond acceptors (Lipinski definition) is 6. The molecule has 2 N–H and O–H groups in total. The first-order chi connectivity index (χ1) is 14.2. The fourth-order valence-electron chi connectivity index (χ4n) is 2.60. The number of alkyl halides is 3. The number of rotatable bonds is 10. The lowest BCUT2D eigenvalue weighted by atomic mass is 10.1. The Morgan fingerprint density at radius 3 is 2.43 bits per heavy atom. The zero-order valence-corrected chi connectivity index (χ0v) is 17.6. The molecule has 30 heavy (non-hydrogen) atoms. The van der Waals surface area contributed by atoms with E-state index in [1.165, 1.54) is 0 Å². The molecule has 5 nitrogen and oxygen atoms in total. The van der Waals surface area contributed by atoms with Crippen molar-refractivity contribution in [1.82, 2.24) is 0 Å². The number of halogens is 3. The molecule has 0 heterocycles. The third-order valence-electron chi connectivity index (χ3n) is 3.79. The van der Waals surface area contributed by atoms with E-state index in [1.54, 1.807) is 43.3 Å². The van der Waals surface area contributed by atoms with Crippen molar-refractivity contribution in [3.8, 4) is 17.2 Å². The molecule has 2 aromatic rings. The molecule has 2 aromatic carbocycles. The number of benzene rings is 2. The molecule has 0 fully saturated rings. The molecule has 0 aliphatic rings. The molecular formula is C21H24F3NO4S. The van der Waals surface area contributed by atoms with Gasteiger partial charge in [0, 0.05) is 17.0 Å². The molecule has 0 aliphatic carbocycles. The van der Waals surface area contributed by atoms with Crippen molar-refractivity contribution < 1.29 is 32.2 Å². The van der Waals surface area contributed by atoms with E-state index in [9.17, 15) is 18.0 Å². The Morgan fingerprint density at radius 2 is 1.77 bits per heavy atom. The van der Waals surface area contributed by atoms with E-state index in [2.05, 4.69) is 0 Å². The molecule has 164 valence electrons. The van der Waals surface area contributed by atoms with Crippen LogP contribution in [0.5, 0.6) is 17.2 Å². The Bertz CT molecular complexity index is 859. The van der Waals surface area contributed by atoms with E-state index in [1.807, 2.05) is 6.92 Å². The van der Waals surface area contributed by atoms with Gasteiger partial charge >= 0.3 is 12.1 Å². The lowest BCUT2D eigenvalue weighted by Gasteiger charge is -2.16. The Labute approximate surface area is 177 Å². The smallest absolute Gasteiger partial charge is 0.397 e. The van der Waals surface area contributed by atoms with Crippen molar-refractivity contribution >= 4 is 23.4 Å². The van der Waals surface area contributed by atoms with E-state index in [0.717, 1.165) is 11.8 Å². The van der Waals surface area contributed by atoms with Crippen LogP contribution < -0.4 is 15.2 Å². The number of ether oxygens (including phenoxy) is 3. The summed E-state index contributed by atoms with van der Waals surface area (Å²) in [7, 11) is 0. The van der Waals surface area contributed by atoms with E-state index in [0.29, 0.717) is 40.7 Å². The minimum Gasteiger partial charge on any atom is -0.490 e. The maximum absolute atomic E-state index is 12.5. The highest BCUT2D eigenvalue weighted by atomic mass is 32.2. The van der Waals surface area contributed by atoms with Gasteiger partial charge in [-0.05, 0) is 49.7 Å². The van der Waals surface area contributed by atoms with Crippen LogP contribution in [0, 0.1) is 0 Å². The van der Waals surface area contributed by atoms with Gasteiger partial charge in [-0.3, -0.25) is 4.79 Å².